The smallest absolute Gasteiger partial charge is 0.236 e. The summed E-state index contributed by atoms with van der Waals surface area (Å²) in [6, 6.07) is 1.07. The van der Waals surface area contributed by atoms with Crippen LogP contribution in [0.1, 0.15) is 20.7 Å². The molecule has 0 unspecified atom stereocenters. The van der Waals surface area contributed by atoms with Crippen LogP contribution in [0, 0.1) is 34.9 Å². The van der Waals surface area contributed by atoms with E-state index in [0.717, 1.165) is 0 Å². The standard InChI is InChI=1S/C14H4F6O2S2/c15-5-1-7(17)11(8(18)2-5)13(21)23-24-14(22)12-9(19)3-6(16)4-10(12)20/h1-4H. The summed E-state index contributed by atoms with van der Waals surface area (Å²) in [6.45, 7) is 0. The second kappa shape index (κ2) is 7.31. The number of carbonyl (C=O) groups excluding carboxylic acids is 2. The molecule has 24 heavy (non-hydrogen) atoms. The molecule has 2 aromatic rings. The molecule has 0 amide bonds. The van der Waals surface area contributed by atoms with Gasteiger partial charge in [-0.05, 0) is 21.6 Å². The zero-order valence-electron chi connectivity index (χ0n) is 11.2. The van der Waals surface area contributed by atoms with Crippen LogP contribution in [0.2, 0.25) is 0 Å². The summed E-state index contributed by atoms with van der Waals surface area (Å²) < 4.78 is 79.2. The van der Waals surface area contributed by atoms with Gasteiger partial charge in [0.15, 0.2) is 0 Å². The van der Waals surface area contributed by atoms with Crippen LogP contribution in [0.15, 0.2) is 24.3 Å². The lowest BCUT2D eigenvalue weighted by atomic mass is 10.2. The molecule has 0 heterocycles. The summed E-state index contributed by atoms with van der Waals surface area (Å²) in [6.07, 6.45) is 0. The van der Waals surface area contributed by atoms with E-state index in [4.69, 9.17) is 0 Å². The molecule has 0 atom stereocenters. The molecule has 2 rings (SSSR count). The number of benzene rings is 2. The van der Waals surface area contributed by atoms with Gasteiger partial charge in [-0.1, -0.05) is 0 Å². The Morgan fingerprint density at radius 2 is 0.833 bits per heavy atom. The maximum Gasteiger partial charge on any atom is 0.236 e. The topological polar surface area (TPSA) is 34.1 Å². The van der Waals surface area contributed by atoms with Crippen LogP contribution in [0.4, 0.5) is 26.3 Å². The number of hydrogen-bond acceptors (Lipinski definition) is 4. The third kappa shape index (κ3) is 3.93. The number of carbonyl (C=O) groups is 2. The minimum atomic E-state index is -1.49. The third-order valence-electron chi connectivity index (χ3n) is 2.62. The first-order valence-electron chi connectivity index (χ1n) is 5.93. The van der Waals surface area contributed by atoms with Crippen molar-refractivity contribution in [3.63, 3.8) is 0 Å². The van der Waals surface area contributed by atoms with E-state index in [9.17, 15) is 35.9 Å². The summed E-state index contributed by atoms with van der Waals surface area (Å²) in [5.41, 5.74) is -2.22. The lowest BCUT2D eigenvalue weighted by Gasteiger charge is -2.05. The molecule has 0 N–H and O–H groups in total. The molecule has 0 aliphatic rings. The van der Waals surface area contributed by atoms with Crippen LogP contribution in [0.3, 0.4) is 0 Å². The van der Waals surface area contributed by atoms with Crippen LogP contribution in [-0.2, 0) is 0 Å². The van der Waals surface area contributed by atoms with Crippen molar-refractivity contribution in [3.05, 3.63) is 70.3 Å². The van der Waals surface area contributed by atoms with Gasteiger partial charge in [-0.25, -0.2) is 26.3 Å². The van der Waals surface area contributed by atoms with Crippen molar-refractivity contribution in [3.8, 4) is 0 Å². The van der Waals surface area contributed by atoms with Crippen molar-refractivity contribution in [2.24, 2.45) is 0 Å². The van der Waals surface area contributed by atoms with Crippen LogP contribution in [0.5, 0.6) is 0 Å². The monoisotopic (exact) mass is 382 g/mol. The highest BCUT2D eigenvalue weighted by Gasteiger charge is 2.24. The molecule has 0 bridgehead atoms. The van der Waals surface area contributed by atoms with E-state index in [1.807, 2.05) is 0 Å². The third-order valence-corrected chi connectivity index (χ3v) is 4.57. The first kappa shape index (κ1) is 18.4. The molecule has 0 aliphatic heterocycles. The SMILES string of the molecule is O=C(SSC(=O)c1c(F)cc(F)cc1F)c1c(F)cc(F)cc1F. The van der Waals surface area contributed by atoms with E-state index in [1.54, 1.807) is 0 Å². The Balaban J connectivity index is 2.17. The largest absolute Gasteiger partial charge is 0.280 e. The Hall–Kier alpha value is -1.94. The van der Waals surface area contributed by atoms with Crippen LogP contribution < -0.4 is 0 Å². The van der Waals surface area contributed by atoms with E-state index in [2.05, 4.69) is 0 Å². The zero-order chi connectivity index (χ0) is 18.0. The van der Waals surface area contributed by atoms with Gasteiger partial charge in [-0.3, -0.25) is 9.59 Å². The molecule has 126 valence electrons. The van der Waals surface area contributed by atoms with Crippen molar-refractivity contribution in [1.82, 2.24) is 0 Å². The lowest BCUT2D eigenvalue weighted by Crippen LogP contribution is -2.05. The Kier molecular flexibility index (Phi) is 5.60. The Bertz CT molecular complexity index is 724. The summed E-state index contributed by atoms with van der Waals surface area (Å²) in [5.74, 6) is -8.44. The number of halogens is 6. The van der Waals surface area contributed by atoms with Gasteiger partial charge in [0.1, 0.15) is 46.0 Å². The average molecular weight is 382 g/mol. The highest BCUT2D eigenvalue weighted by Crippen LogP contribution is 2.33. The van der Waals surface area contributed by atoms with Crippen LogP contribution in [0.25, 0.3) is 0 Å². The second-order valence-electron chi connectivity index (χ2n) is 4.23. The summed E-state index contributed by atoms with van der Waals surface area (Å²) in [4.78, 5) is 23.4. The molecule has 0 fully saturated rings. The van der Waals surface area contributed by atoms with Gasteiger partial charge in [0, 0.05) is 24.3 Å². The molecule has 2 nitrogen and oxygen atoms in total. The number of rotatable bonds is 2. The maximum absolute atomic E-state index is 13.4. The summed E-state index contributed by atoms with van der Waals surface area (Å²) in [7, 11) is -0.0261. The molecular formula is C14H4F6O2S2. The van der Waals surface area contributed by atoms with Gasteiger partial charge in [0.25, 0.3) is 0 Å². The molecule has 2 aromatic carbocycles. The van der Waals surface area contributed by atoms with Gasteiger partial charge in [-0.2, -0.15) is 0 Å². The fourth-order valence-corrected chi connectivity index (χ4v) is 3.30. The Morgan fingerprint density at radius 3 is 1.08 bits per heavy atom. The van der Waals surface area contributed by atoms with E-state index in [0.29, 0.717) is 0 Å². The minimum absolute atomic E-state index is 0.0131. The molecule has 0 radical (unpaired) electrons. The Labute approximate surface area is 138 Å². The van der Waals surface area contributed by atoms with Crippen molar-refractivity contribution in [1.29, 1.82) is 0 Å². The quantitative estimate of drug-likeness (QED) is 0.548. The second-order valence-corrected chi connectivity index (χ2v) is 6.31. The molecule has 0 saturated heterocycles. The van der Waals surface area contributed by atoms with E-state index >= 15 is 0 Å². The van der Waals surface area contributed by atoms with Crippen molar-refractivity contribution in [2.45, 2.75) is 0 Å². The summed E-state index contributed by atoms with van der Waals surface area (Å²) >= 11 is 0. The molecular weight excluding hydrogens is 378 g/mol. The first-order valence-corrected chi connectivity index (χ1v) is 8.08. The van der Waals surface area contributed by atoms with E-state index < -0.39 is 56.3 Å². The minimum Gasteiger partial charge on any atom is -0.280 e. The van der Waals surface area contributed by atoms with Gasteiger partial charge >= 0.3 is 0 Å². The predicted molar refractivity (Wildman–Crippen MR) is 76.5 cm³/mol. The molecule has 0 saturated carbocycles. The highest BCUT2D eigenvalue weighted by molar-refractivity contribution is 8.87. The van der Waals surface area contributed by atoms with Crippen LogP contribution >= 0.6 is 21.6 Å². The highest BCUT2D eigenvalue weighted by atomic mass is 33.1. The van der Waals surface area contributed by atoms with Gasteiger partial charge in [-0.15, -0.1) is 0 Å². The lowest BCUT2D eigenvalue weighted by molar-refractivity contribution is 0.107. The van der Waals surface area contributed by atoms with Gasteiger partial charge in [0.05, 0.1) is 0 Å². The Morgan fingerprint density at radius 1 is 0.583 bits per heavy atom. The van der Waals surface area contributed by atoms with Crippen LogP contribution in [-0.4, -0.2) is 10.2 Å². The van der Waals surface area contributed by atoms with E-state index in [1.165, 1.54) is 0 Å². The fraction of sp³-hybridized carbons (Fsp3) is 0. The predicted octanol–water partition coefficient (Wildman–Crippen LogP) is 4.88. The fourth-order valence-electron chi connectivity index (χ4n) is 1.63. The van der Waals surface area contributed by atoms with Gasteiger partial charge < -0.3 is 0 Å². The zero-order valence-corrected chi connectivity index (χ0v) is 12.8. The van der Waals surface area contributed by atoms with E-state index in [-0.39, 0.29) is 45.9 Å². The van der Waals surface area contributed by atoms with Crippen molar-refractivity contribution in [2.75, 3.05) is 0 Å². The van der Waals surface area contributed by atoms with Crippen molar-refractivity contribution < 1.29 is 35.9 Å². The maximum atomic E-state index is 13.4. The summed E-state index contributed by atoms with van der Waals surface area (Å²) in [5, 5.41) is -2.60. The molecule has 0 aromatic heterocycles. The first-order chi connectivity index (χ1) is 11.2. The van der Waals surface area contributed by atoms with Crippen molar-refractivity contribution >= 4 is 31.8 Å². The number of hydrogen-bond donors (Lipinski definition) is 0. The molecule has 10 heteroatoms. The normalized spacial score (nSPS) is 10.8. The molecule has 0 aliphatic carbocycles. The molecule has 0 spiro atoms. The average Bonchev–Trinajstić information content (AvgIpc) is 2.42. The van der Waals surface area contributed by atoms with Gasteiger partial charge in [0.2, 0.25) is 10.2 Å².